The zero-order valence-corrected chi connectivity index (χ0v) is 10.5. The Kier molecular flexibility index (Phi) is 2.67. The summed E-state index contributed by atoms with van der Waals surface area (Å²) < 4.78 is 25.0. The van der Waals surface area contributed by atoms with Crippen LogP contribution in [0.1, 0.15) is 5.82 Å². The van der Waals surface area contributed by atoms with Gasteiger partial charge in [-0.25, -0.2) is 22.6 Å². The molecule has 2 heterocycles. The predicted octanol–water partition coefficient (Wildman–Crippen LogP) is -1.37. The van der Waals surface area contributed by atoms with Gasteiger partial charge in [-0.15, -0.1) is 11.5 Å². The Balaban J connectivity index is 2.91. The van der Waals surface area contributed by atoms with E-state index in [1.54, 1.807) is 0 Å². The van der Waals surface area contributed by atoms with Crippen LogP contribution in [0.4, 0.5) is 0 Å². The van der Waals surface area contributed by atoms with E-state index in [1.165, 1.54) is 6.92 Å². The van der Waals surface area contributed by atoms with Crippen LogP contribution in [0.2, 0.25) is 0 Å². The molecule has 0 saturated carbocycles. The monoisotopic (exact) mass is 267 g/mol. The maximum absolute atomic E-state index is 12.0. The Morgan fingerprint density at radius 2 is 2.11 bits per heavy atom. The molecule has 0 atom stereocenters. The number of hydrogen-bond donors (Lipinski definition) is 0. The van der Waals surface area contributed by atoms with Crippen LogP contribution in [0.25, 0.3) is 5.65 Å². The van der Waals surface area contributed by atoms with Gasteiger partial charge in [-0.1, -0.05) is 11.1 Å². The first-order chi connectivity index (χ1) is 8.36. The highest BCUT2D eigenvalue weighted by Gasteiger charge is 2.21. The number of hydrogen-bond acceptors (Lipinski definition) is 6. The molecule has 94 valence electrons. The molecular weight excluding hydrogens is 258 g/mol. The van der Waals surface area contributed by atoms with E-state index in [9.17, 15) is 13.2 Å². The minimum atomic E-state index is -3.57. The Morgan fingerprint density at radius 1 is 1.44 bits per heavy atom. The summed E-state index contributed by atoms with van der Waals surface area (Å²) in [5, 5.41) is 6.99. The summed E-state index contributed by atoms with van der Waals surface area (Å²) in [5.41, 5.74) is -0.661. The van der Waals surface area contributed by atoms with Crippen LogP contribution in [0, 0.1) is 19.3 Å². The second-order valence-corrected chi connectivity index (χ2v) is 5.56. The van der Waals surface area contributed by atoms with Gasteiger partial charge in [0.2, 0.25) is 10.7 Å². The lowest BCUT2D eigenvalue weighted by Gasteiger charge is -1.99. The third-order valence-corrected chi connectivity index (χ3v) is 3.22. The normalized spacial score (nSPS) is 11.6. The summed E-state index contributed by atoms with van der Waals surface area (Å²) in [5.74, 6) is 2.47. The van der Waals surface area contributed by atoms with E-state index in [1.807, 2.05) is 0 Å². The van der Waals surface area contributed by atoms with Crippen molar-refractivity contribution in [1.82, 2.24) is 24.4 Å². The van der Waals surface area contributed by atoms with Gasteiger partial charge in [0.15, 0.2) is 9.84 Å². The number of rotatable bonds is 2. The van der Waals surface area contributed by atoms with Gasteiger partial charge in [-0.2, -0.15) is 4.68 Å². The van der Waals surface area contributed by atoms with E-state index in [0.717, 1.165) is 15.3 Å². The lowest BCUT2D eigenvalue weighted by molar-refractivity contribution is 0.571. The fourth-order valence-corrected chi connectivity index (χ4v) is 2.26. The third kappa shape index (κ3) is 1.76. The van der Waals surface area contributed by atoms with Gasteiger partial charge in [0, 0.05) is 6.26 Å². The zero-order chi connectivity index (χ0) is 13.5. The fourth-order valence-electron chi connectivity index (χ4n) is 1.50. The Morgan fingerprint density at radius 3 is 2.67 bits per heavy atom. The van der Waals surface area contributed by atoms with E-state index in [2.05, 4.69) is 21.2 Å². The minimum Gasteiger partial charge on any atom is -0.245 e. The van der Waals surface area contributed by atoms with E-state index >= 15 is 0 Å². The van der Waals surface area contributed by atoms with Gasteiger partial charge in [-0.05, 0) is 6.92 Å². The van der Waals surface area contributed by atoms with Crippen molar-refractivity contribution in [1.29, 1.82) is 0 Å². The Hall–Kier alpha value is -2.21. The number of sulfone groups is 1. The molecule has 8 nitrogen and oxygen atoms in total. The summed E-state index contributed by atoms with van der Waals surface area (Å²) >= 11 is 0. The molecule has 2 rings (SSSR count). The van der Waals surface area contributed by atoms with Gasteiger partial charge in [0.05, 0.1) is 0 Å². The molecule has 2 aromatic heterocycles. The van der Waals surface area contributed by atoms with Gasteiger partial charge in [0.1, 0.15) is 12.4 Å². The lowest BCUT2D eigenvalue weighted by Crippen LogP contribution is -2.30. The highest BCUT2D eigenvalue weighted by atomic mass is 32.2. The number of fused-ring (bicyclic) bond motifs is 1. The van der Waals surface area contributed by atoms with Gasteiger partial charge in [0.25, 0.3) is 0 Å². The summed E-state index contributed by atoms with van der Waals surface area (Å²) in [6, 6.07) is 0. The van der Waals surface area contributed by atoms with E-state index in [4.69, 9.17) is 6.42 Å². The molecule has 0 spiro atoms. The predicted molar refractivity (Wildman–Crippen MR) is 61.7 cm³/mol. The van der Waals surface area contributed by atoms with Gasteiger partial charge in [-0.3, -0.25) is 0 Å². The van der Waals surface area contributed by atoms with Crippen molar-refractivity contribution in [2.24, 2.45) is 0 Å². The lowest BCUT2D eigenvalue weighted by atomic mass is 10.6. The van der Waals surface area contributed by atoms with Crippen molar-refractivity contribution >= 4 is 15.5 Å². The molecule has 0 radical (unpaired) electrons. The van der Waals surface area contributed by atoms with Crippen molar-refractivity contribution in [3.63, 3.8) is 0 Å². The van der Waals surface area contributed by atoms with Crippen LogP contribution in [0.3, 0.4) is 0 Å². The Bertz CT molecular complexity index is 824. The quantitative estimate of drug-likeness (QED) is 0.622. The molecular formula is C9H9N5O3S. The largest absolute Gasteiger partial charge is 0.354 e. The average molecular weight is 267 g/mol. The minimum absolute atomic E-state index is 0.0480. The van der Waals surface area contributed by atoms with Gasteiger partial charge >= 0.3 is 5.69 Å². The molecule has 0 fully saturated rings. The van der Waals surface area contributed by atoms with Crippen LogP contribution in [0.15, 0.2) is 9.82 Å². The number of imidazole rings is 1. The highest BCUT2D eigenvalue weighted by Crippen LogP contribution is 2.12. The first-order valence-corrected chi connectivity index (χ1v) is 6.71. The molecule has 18 heavy (non-hydrogen) atoms. The molecule has 0 aliphatic rings. The summed E-state index contributed by atoms with van der Waals surface area (Å²) in [6.07, 6.45) is 6.08. The molecule has 0 bridgehead atoms. The maximum atomic E-state index is 12.0. The SMILES string of the molecule is C#CCn1nnc2c(S(C)(=O)=O)nc(C)n2c1=O. The van der Waals surface area contributed by atoms with Crippen LogP contribution >= 0.6 is 0 Å². The first-order valence-electron chi connectivity index (χ1n) is 4.82. The molecule has 0 aromatic carbocycles. The van der Waals surface area contributed by atoms with Gasteiger partial charge < -0.3 is 0 Å². The zero-order valence-electron chi connectivity index (χ0n) is 9.65. The van der Waals surface area contributed by atoms with Crippen LogP contribution < -0.4 is 5.69 Å². The molecule has 0 unspecified atom stereocenters. The first kappa shape index (κ1) is 12.3. The van der Waals surface area contributed by atoms with Crippen molar-refractivity contribution in [3.8, 4) is 12.3 Å². The van der Waals surface area contributed by atoms with Crippen molar-refractivity contribution in [2.75, 3.05) is 6.26 Å². The average Bonchev–Trinajstić information content (AvgIpc) is 2.61. The summed E-state index contributed by atoms with van der Waals surface area (Å²) in [6.45, 7) is 1.46. The van der Waals surface area contributed by atoms with Crippen molar-refractivity contribution < 1.29 is 8.42 Å². The fraction of sp³-hybridized carbons (Fsp3) is 0.333. The molecule has 0 N–H and O–H groups in total. The second-order valence-electron chi connectivity index (χ2n) is 3.63. The summed E-state index contributed by atoms with van der Waals surface area (Å²) in [7, 11) is -3.57. The standard InChI is InChI=1S/C9H9N5O3S/c1-4-5-13-9(15)14-6(2)10-8(18(3,16)17)7(14)11-12-13/h1H,5H2,2-3H3. The van der Waals surface area contributed by atoms with Crippen molar-refractivity contribution in [2.45, 2.75) is 18.5 Å². The molecule has 0 amide bonds. The van der Waals surface area contributed by atoms with Crippen LogP contribution in [-0.4, -0.2) is 39.1 Å². The third-order valence-electron chi connectivity index (χ3n) is 2.24. The van der Waals surface area contributed by atoms with E-state index in [-0.39, 0.29) is 23.0 Å². The molecule has 9 heteroatoms. The maximum Gasteiger partial charge on any atom is 0.354 e. The topological polar surface area (TPSA) is 99.2 Å². The van der Waals surface area contributed by atoms with E-state index in [0.29, 0.717) is 0 Å². The Labute approximate surface area is 102 Å². The van der Waals surface area contributed by atoms with E-state index < -0.39 is 15.5 Å². The smallest absolute Gasteiger partial charge is 0.245 e. The number of terminal acetylenes is 1. The van der Waals surface area contributed by atoms with Crippen molar-refractivity contribution in [3.05, 3.63) is 16.3 Å². The summed E-state index contributed by atoms with van der Waals surface area (Å²) in [4.78, 5) is 15.8. The molecule has 0 aliphatic carbocycles. The molecule has 2 aromatic rings. The molecule has 0 saturated heterocycles. The van der Waals surface area contributed by atoms with Crippen LogP contribution in [0.5, 0.6) is 0 Å². The highest BCUT2D eigenvalue weighted by molar-refractivity contribution is 7.90. The molecule has 0 aliphatic heterocycles. The number of aryl methyl sites for hydroxylation is 1. The number of aromatic nitrogens is 5. The second kappa shape index (κ2) is 3.92. The number of nitrogens with zero attached hydrogens (tertiary/aromatic N) is 5. The van der Waals surface area contributed by atoms with Crippen LogP contribution in [-0.2, 0) is 16.4 Å².